The van der Waals surface area contributed by atoms with Crippen molar-refractivity contribution in [2.45, 2.75) is 31.8 Å². The van der Waals surface area contributed by atoms with Gasteiger partial charge in [-0.15, -0.1) is 0 Å². The summed E-state index contributed by atoms with van der Waals surface area (Å²) in [5, 5.41) is 6.05. The molecule has 2 rings (SSSR count). The third-order valence-electron chi connectivity index (χ3n) is 4.88. The van der Waals surface area contributed by atoms with Crippen LogP contribution in [0, 0.1) is 0 Å². The molecule has 0 saturated heterocycles. The average Bonchev–Trinajstić information content (AvgIpc) is 2.68. The zero-order chi connectivity index (χ0) is 21.4. The minimum absolute atomic E-state index is 0.0349. The number of halogens is 1. The molecule has 2 aromatic rings. The number of rotatable bonds is 9. The van der Waals surface area contributed by atoms with E-state index in [4.69, 9.17) is 17.3 Å². The van der Waals surface area contributed by atoms with E-state index >= 15 is 0 Å². The lowest BCUT2D eigenvalue weighted by Gasteiger charge is -2.26. The Hall–Kier alpha value is -2.57. The zero-order valence-corrected chi connectivity index (χ0v) is 17.9. The van der Waals surface area contributed by atoms with Gasteiger partial charge in [0.15, 0.2) is 0 Å². The van der Waals surface area contributed by atoms with Crippen LogP contribution in [0.3, 0.4) is 0 Å². The van der Waals surface area contributed by atoms with Crippen molar-refractivity contribution in [2.24, 2.45) is 5.73 Å². The molecule has 156 valence electrons. The van der Waals surface area contributed by atoms with Crippen molar-refractivity contribution in [1.29, 1.82) is 0 Å². The normalized spacial score (nSPS) is 13.0. The summed E-state index contributed by atoms with van der Waals surface area (Å²) in [6.07, 6.45) is 1.03. The highest BCUT2D eigenvalue weighted by molar-refractivity contribution is 6.31. The quantitative estimate of drug-likeness (QED) is 0.585. The number of benzene rings is 2. The summed E-state index contributed by atoms with van der Waals surface area (Å²) in [6.45, 7) is 2.57. The molecule has 0 heterocycles. The van der Waals surface area contributed by atoms with E-state index in [2.05, 4.69) is 46.7 Å². The summed E-state index contributed by atoms with van der Waals surface area (Å²) in [7, 11) is 3.96. The second kappa shape index (κ2) is 10.8. The van der Waals surface area contributed by atoms with Crippen LogP contribution in [0.15, 0.2) is 48.5 Å². The first-order valence-electron chi connectivity index (χ1n) is 9.64. The highest BCUT2D eigenvalue weighted by atomic mass is 35.5. The molecule has 3 amide bonds. The summed E-state index contributed by atoms with van der Waals surface area (Å²) in [5.74, 6) is -0.194. The number of hydrogen-bond donors (Lipinski definition) is 3. The molecule has 0 saturated carbocycles. The third kappa shape index (κ3) is 6.76. The maximum atomic E-state index is 12.6. The lowest BCUT2D eigenvalue weighted by molar-refractivity contribution is -0.121. The molecule has 0 aliphatic carbocycles. The molecule has 0 bridgehead atoms. The molecule has 0 fully saturated rings. The molecule has 4 N–H and O–H groups in total. The third-order valence-corrected chi connectivity index (χ3v) is 5.22. The molecule has 7 heteroatoms. The highest BCUT2D eigenvalue weighted by Gasteiger charge is 2.21. The lowest BCUT2D eigenvalue weighted by Crippen LogP contribution is -2.39. The number of amides is 3. The van der Waals surface area contributed by atoms with E-state index < -0.39 is 12.1 Å². The number of urea groups is 1. The monoisotopic (exact) mass is 416 g/mol. The Kier molecular flexibility index (Phi) is 8.49. The van der Waals surface area contributed by atoms with Crippen molar-refractivity contribution in [3.05, 3.63) is 70.2 Å². The van der Waals surface area contributed by atoms with Crippen LogP contribution < -0.4 is 16.4 Å². The molecule has 0 aromatic heterocycles. The Labute approximate surface area is 177 Å². The Bertz CT molecular complexity index is 824. The van der Waals surface area contributed by atoms with Gasteiger partial charge in [-0.25, -0.2) is 4.79 Å². The van der Waals surface area contributed by atoms with E-state index in [1.807, 2.05) is 14.1 Å². The SMILES string of the molecule is CCc1ccc([C@@H](CNC(=O)C[C@@H](NC(N)=O)c2ccccc2Cl)N(C)C)cc1. The molecule has 29 heavy (non-hydrogen) atoms. The zero-order valence-electron chi connectivity index (χ0n) is 17.1. The first kappa shape index (κ1) is 22.7. The summed E-state index contributed by atoms with van der Waals surface area (Å²) >= 11 is 6.23. The van der Waals surface area contributed by atoms with Crippen molar-refractivity contribution in [3.8, 4) is 0 Å². The number of carbonyl (C=O) groups is 2. The van der Waals surface area contributed by atoms with Crippen LogP contribution in [-0.4, -0.2) is 37.5 Å². The fourth-order valence-corrected chi connectivity index (χ4v) is 3.48. The average molecular weight is 417 g/mol. The van der Waals surface area contributed by atoms with Gasteiger partial charge in [0.25, 0.3) is 0 Å². The van der Waals surface area contributed by atoms with Gasteiger partial charge in [-0.3, -0.25) is 4.79 Å². The maximum absolute atomic E-state index is 12.6. The predicted molar refractivity (Wildman–Crippen MR) is 117 cm³/mol. The summed E-state index contributed by atoms with van der Waals surface area (Å²) in [6, 6.07) is 14.2. The van der Waals surface area contributed by atoms with E-state index in [-0.39, 0.29) is 18.4 Å². The second-order valence-electron chi connectivity index (χ2n) is 7.17. The molecule has 6 nitrogen and oxygen atoms in total. The fourth-order valence-electron chi connectivity index (χ4n) is 3.21. The Morgan fingerprint density at radius 3 is 2.31 bits per heavy atom. The Morgan fingerprint density at radius 2 is 1.76 bits per heavy atom. The van der Waals surface area contributed by atoms with Crippen molar-refractivity contribution in [1.82, 2.24) is 15.5 Å². The fraction of sp³-hybridized carbons (Fsp3) is 0.364. The molecule has 0 radical (unpaired) electrons. The van der Waals surface area contributed by atoms with Gasteiger partial charge in [0, 0.05) is 11.6 Å². The van der Waals surface area contributed by atoms with E-state index in [1.165, 1.54) is 5.56 Å². The highest BCUT2D eigenvalue weighted by Crippen LogP contribution is 2.25. The molecule has 0 aliphatic heterocycles. The van der Waals surface area contributed by atoms with Crippen LogP contribution in [0.5, 0.6) is 0 Å². The Morgan fingerprint density at radius 1 is 1.10 bits per heavy atom. The Balaban J connectivity index is 2.05. The van der Waals surface area contributed by atoms with Crippen LogP contribution in [0.4, 0.5) is 4.79 Å². The summed E-state index contributed by atoms with van der Waals surface area (Å²) in [5.41, 5.74) is 8.35. The van der Waals surface area contributed by atoms with Crippen LogP contribution in [0.25, 0.3) is 0 Å². The van der Waals surface area contributed by atoms with Crippen LogP contribution >= 0.6 is 11.6 Å². The van der Waals surface area contributed by atoms with Crippen molar-refractivity contribution in [3.63, 3.8) is 0 Å². The van der Waals surface area contributed by atoms with Gasteiger partial charge in [-0.05, 0) is 43.3 Å². The van der Waals surface area contributed by atoms with E-state index in [0.717, 1.165) is 12.0 Å². The van der Waals surface area contributed by atoms with Gasteiger partial charge in [-0.1, -0.05) is 61.0 Å². The molecular weight excluding hydrogens is 388 g/mol. The van der Waals surface area contributed by atoms with Gasteiger partial charge >= 0.3 is 6.03 Å². The van der Waals surface area contributed by atoms with Gasteiger partial charge in [0.2, 0.25) is 5.91 Å². The summed E-state index contributed by atoms with van der Waals surface area (Å²) in [4.78, 5) is 26.1. The van der Waals surface area contributed by atoms with Gasteiger partial charge in [0.1, 0.15) is 0 Å². The standard InChI is InChI=1S/C22H29ClN4O2/c1-4-15-9-11-16(12-10-15)20(27(2)3)14-25-21(28)13-19(26-22(24)29)17-7-5-6-8-18(17)23/h5-12,19-20H,4,13-14H2,1-3H3,(H,25,28)(H3,24,26,29)/t19-,20-/m1/s1. The van der Waals surface area contributed by atoms with Gasteiger partial charge < -0.3 is 21.3 Å². The minimum atomic E-state index is -0.704. The molecule has 0 aliphatic rings. The molecule has 2 aromatic carbocycles. The predicted octanol–water partition coefficient (Wildman–Crippen LogP) is 3.42. The number of hydrogen-bond acceptors (Lipinski definition) is 3. The van der Waals surface area contributed by atoms with Crippen LogP contribution in [0.2, 0.25) is 5.02 Å². The molecule has 0 spiro atoms. The van der Waals surface area contributed by atoms with E-state index in [9.17, 15) is 9.59 Å². The van der Waals surface area contributed by atoms with Gasteiger partial charge in [0.05, 0.1) is 18.5 Å². The number of nitrogens with two attached hydrogens (primary N) is 1. The number of likely N-dealkylation sites (N-methyl/N-ethyl adjacent to an activating group) is 1. The van der Waals surface area contributed by atoms with Crippen molar-refractivity contribution < 1.29 is 9.59 Å². The lowest BCUT2D eigenvalue weighted by atomic mass is 10.0. The number of aryl methyl sites for hydroxylation is 1. The second-order valence-corrected chi connectivity index (χ2v) is 7.57. The van der Waals surface area contributed by atoms with E-state index in [0.29, 0.717) is 17.1 Å². The number of nitrogens with one attached hydrogen (secondary N) is 2. The molecule has 0 unspecified atom stereocenters. The molecule has 2 atom stereocenters. The molecular formula is C22H29ClN4O2. The van der Waals surface area contributed by atoms with Crippen LogP contribution in [-0.2, 0) is 11.2 Å². The minimum Gasteiger partial charge on any atom is -0.354 e. The first-order valence-corrected chi connectivity index (χ1v) is 10.0. The number of primary amides is 1. The summed E-state index contributed by atoms with van der Waals surface area (Å²) < 4.78 is 0. The smallest absolute Gasteiger partial charge is 0.312 e. The van der Waals surface area contributed by atoms with E-state index in [1.54, 1.807) is 24.3 Å². The van der Waals surface area contributed by atoms with Crippen LogP contribution in [0.1, 0.15) is 42.1 Å². The van der Waals surface area contributed by atoms with Crippen molar-refractivity contribution >= 4 is 23.5 Å². The first-order chi connectivity index (χ1) is 13.8. The topological polar surface area (TPSA) is 87.5 Å². The maximum Gasteiger partial charge on any atom is 0.312 e. The number of nitrogens with zero attached hydrogens (tertiary/aromatic N) is 1. The largest absolute Gasteiger partial charge is 0.354 e. The number of carbonyl (C=O) groups excluding carboxylic acids is 2. The van der Waals surface area contributed by atoms with Crippen molar-refractivity contribution in [2.75, 3.05) is 20.6 Å². The van der Waals surface area contributed by atoms with Gasteiger partial charge in [-0.2, -0.15) is 0 Å².